The fraction of sp³-hybridized carbons (Fsp3) is 0.981. The third-order valence-corrected chi connectivity index (χ3v) is 13.8. The van der Waals surface area contributed by atoms with Crippen molar-refractivity contribution in [2.45, 2.75) is 296 Å². The summed E-state index contributed by atoms with van der Waals surface area (Å²) in [6.45, 7) is 4.77. The number of rotatable bonds is 51. The van der Waals surface area contributed by atoms with Crippen LogP contribution in [0.4, 0.5) is 0 Å². The molecule has 2 N–H and O–H groups in total. The van der Waals surface area contributed by atoms with Gasteiger partial charge in [-0.25, -0.2) is 0 Å². The number of hydrogen-bond acceptors (Lipinski definition) is 6. The quantitative estimate of drug-likeness (QED) is 0.0358. The van der Waals surface area contributed by atoms with E-state index < -0.39 is 20.0 Å². The Labute approximate surface area is 387 Å². The highest BCUT2D eigenvalue weighted by Crippen LogP contribution is 2.38. The minimum Gasteiger partial charge on any atom is -0.756 e. The number of phosphoric acid groups is 1. The van der Waals surface area contributed by atoms with Crippen LogP contribution in [-0.2, 0) is 18.4 Å². The van der Waals surface area contributed by atoms with E-state index in [1.54, 1.807) is 0 Å². The molecule has 0 aliphatic rings. The fourth-order valence-electron chi connectivity index (χ4n) is 8.51. The SMILES string of the molecule is CCCCCCCCCCCCCCCCCCCCCCCC(O)C(COP(=O)([O-])OCC[N+](C)(C)C)NC(=O)CCCCCCCCCCCCCCCCCCCCC. The predicted molar refractivity (Wildman–Crippen MR) is 266 cm³/mol. The summed E-state index contributed by atoms with van der Waals surface area (Å²) in [5, 5.41) is 14.0. The number of aliphatic hydroxyl groups excluding tert-OH is 1. The number of aliphatic hydroxyl groups is 1. The molecule has 0 fully saturated rings. The molecule has 0 radical (unpaired) electrons. The smallest absolute Gasteiger partial charge is 0.268 e. The van der Waals surface area contributed by atoms with E-state index in [-0.39, 0.29) is 19.1 Å². The summed E-state index contributed by atoms with van der Waals surface area (Å²) in [6.07, 6.45) is 52.6. The van der Waals surface area contributed by atoms with Crippen molar-refractivity contribution in [2.75, 3.05) is 40.9 Å². The molecule has 0 heterocycles. The molecule has 62 heavy (non-hydrogen) atoms. The van der Waals surface area contributed by atoms with Gasteiger partial charge in [0, 0.05) is 6.42 Å². The number of hydrogen-bond donors (Lipinski definition) is 2. The predicted octanol–water partition coefficient (Wildman–Crippen LogP) is 15.5. The average Bonchev–Trinajstić information content (AvgIpc) is 3.23. The van der Waals surface area contributed by atoms with E-state index in [1.165, 1.54) is 218 Å². The molecule has 3 unspecified atom stereocenters. The van der Waals surface area contributed by atoms with Gasteiger partial charge in [-0.2, -0.15) is 0 Å². The van der Waals surface area contributed by atoms with Gasteiger partial charge in [-0.05, 0) is 12.8 Å². The number of carbonyl (C=O) groups excluding carboxylic acids is 1. The molecule has 0 bridgehead atoms. The van der Waals surface area contributed by atoms with E-state index in [0.29, 0.717) is 23.9 Å². The number of quaternary nitrogens is 1. The molecule has 0 saturated carbocycles. The lowest BCUT2D eigenvalue weighted by molar-refractivity contribution is -0.870. The summed E-state index contributed by atoms with van der Waals surface area (Å²) >= 11 is 0. The number of unbranched alkanes of at least 4 members (excludes halogenated alkanes) is 38. The van der Waals surface area contributed by atoms with E-state index in [9.17, 15) is 19.4 Å². The molecule has 0 rings (SSSR count). The highest BCUT2D eigenvalue weighted by molar-refractivity contribution is 7.45. The second kappa shape index (κ2) is 45.6. The standard InChI is InChI=1S/C53H109N2O6P/c1-6-8-10-12-14-16-18-20-22-24-26-27-29-30-32-34-36-38-40-42-44-46-52(56)51(50-61-62(58,59)60-49-48-55(3,4)5)54-53(57)47-45-43-41-39-37-35-33-31-28-25-23-21-19-17-15-13-11-9-7-2/h51-52,56H,6-50H2,1-5H3,(H-,54,57,58,59). The van der Waals surface area contributed by atoms with Gasteiger partial charge in [0.25, 0.3) is 7.82 Å². The summed E-state index contributed by atoms with van der Waals surface area (Å²) in [7, 11) is 1.32. The summed E-state index contributed by atoms with van der Waals surface area (Å²) in [6, 6.07) is -0.794. The van der Waals surface area contributed by atoms with Crippen LogP contribution in [0.2, 0.25) is 0 Å². The zero-order chi connectivity index (χ0) is 45.7. The van der Waals surface area contributed by atoms with Gasteiger partial charge in [-0.1, -0.05) is 264 Å². The molecule has 0 saturated heterocycles. The number of nitrogens with zero attached hydrogens (tertiary/aromatic N) is 1. The fourth-order valence-corrected chi connectivity index (χ4v) is 9.24. The second-order valence-electron chi connectivity index (χ2n) is 20.3. The van der Waals surface area contributed by atoms with Crippen LogP contribution in [0.25, 0.3) is 0 Å². The Balaban J connectivity index is 4.18. The van der Waals surface area contributed by atoms with Crippen molar-refractivity contribution in [2.24, 2.45) is 0 Å². The van der Waals surface area contributed by atoms with Crippen molar-refractivity contribution in [3.05, 3.63) is 0 Å². The summed E-state index contributed by atoms with van der Waals surface area (Å²) in [5.41, 5.74) is 0. The molecule has 8 nitrogen and oxygen atoms in total. The van der Waals surface area contributed by atoms with Crippen molar-refractivity contribution in [3.63, 3.8) is 0 Å². The van der Waals surface area contributed by atoms with Crippen LogP contribution >= 0.6 is 7.82 Å². The Bertz CT molecular complexity index is 978. The first kappa shape index (κ1) is 61.5. The van der Waals surface area contributed by atoms with Crippen molar-refractivity contribution in [1.29, 1.82) is 0 Å². The van der Waals surface area contributed by atoms with Crippen LogP contribution in [0.5, 0.6) is 0 Å². The van der Waals surface area contributed by atoms with E-state index in [0.717, 1.165) is 38.5 Å². The van der Waals surface area contributed by atoms with Crippen molar-refractivity contribution in [3.8, 4) is 0 Å². The van der Waals surface area contributed by atoms with Crippen LogP contribution in [0.3, 0.4) is 0 Å². The molecule has 1 amide bonds. The maximum atomic E-state index is 13.0. The van der Waals surface area contributed by atoms with Crippen LogP contribution in [0, 0.1) is 0 Å². The molecule has 0 aromatic rings. The van der Waals surface area contributed by atoms with Crippen LogP contribution in [0.1, 0.15) is 284 Å². The molecule has 0 aromatic heterocycles. The number of likely N-dealkylation sites (N-methyl/N-ethyl adjacent to an activating group) is 1. The third kappa shape index (κ3) is 47.5. The minimum atomic E-state index is -4.56. The number of amides is 1. The van der Waals surface area contributed by atoms with Gasteiger partial charge in [0.05, 0.1) is 39.9 Å². The Morgan fingerprint density at radius 3 is 1.10 bits per heavy atom. The van der Waals surface area contributed by atoms with Crippen molar-refractivity contribution >= 4 is 13.7 Å². The second-order valence-corrected chi connectivity index (χ2v) is 21.7. The van der Waals surface area contributed by atoms with E-state index in [1.807, 2.05) is 21.1 Å². The monoisotopic (exact) mass is 901 g/mol. The molecular weight excluding hydrogens is 792 g/mol. The highest BCUT2D eigenvalue weighted by Gasteiger charge is 2.24. The van der Waals surface area contributed by atoms with E-state index >= 15 is 0 Å². The van der Waals surface area contributed by atoms with Crippen molar-refractivity contribution in [1.82, 2.24) is 5.32 Å². The topological polar surface area (TPSA) is 108 Å². The molecule has 9 heteroatoms. The first-order valence-corrected chi connectivity index (χ1v) is 28.8. The number of carbonyl (C=O) groups is 1. The highest BCUT2D eigenvalue weighted by atomic mass is 31.2. The van der Waals surface area contributed by atoms with Gasteiger partial charge < -0.3 is 28.8 Å². The summed E-state index contributed by atoms with van der Waals surface area (Å²) in [5.74, 6) is -0.157. The number of nitrogens with one attached hydrogen (secondary N) is 1. The van der Waals surface area contributed by atoms with Gasteiger partial charge in [-0.15, -0.1) is 0 Å². The largest absolute Gasteiger partial charge is 0.756 e. The molecule has 0 aliphatic carbocycles. The lowest BCUT2D eigenvalue weighted by atomic mass is 10.0. The van der Waals surface area contributed by atoms with Gasteiger partial charge in [-0.3, -0.25) is 9.36 Å². The lowest BCUT2D eigenvalue weighted by Gasteiger charge is -2.30. The third-order valence-electron chi connectivity index (χ3n) is 12.8. The average molecular weight is 901 g/mol. The molecule has 0 aliphatic heterocycles. The van der Waals surface area contributed by atoms with Crippen LogP contribution < -0.4 is 10.2 Å². The maximum Gasteiger partial charge on any atom is 0.268 e. The first-order valence-electron chi connectivity index (χ1n) is 27.4. The van der Waals surface area contributed by atoms with Crippen LogP contribution in [-0.4, -0.2) is 68.5 Å². The molecular formula is C53H109N2O6P. The first-order chi connectivity index (χ1) is 30.0. The van der Waals surface area contributed by atoms with E-state index in [4.69, 9.17) is 9.05 Å². The minimum absolute atomic E-state index is 0.0166. The lowest BCUT2D eigenvalue weighted by Crippen LogP contribution is -2.46. The normalized spacial score (nSPS) is 14.0. The van der Waals surface area contributed by atoms with Gasteiger partial charge in [0.15, 0.2) is 0 Å². The zero-order valence-corrected chi connectivity index (χ0v) is 43.3. The zero-order valence-electron chi connectivity index (χ0n) is 42.4. The molecule has 372 valence electrons. The van der Waals surface area contributed by atoms with E-state index in [2.05, 4.69) is 19.2 Å². The molecule has 3 atom stereocenters. The summed E-state index contributed by atoms with van der Waals surface area (Å²) in [4.78, 5) is 25.5. The van der Waals surface area contributed by atoms with Crippen LogP contribution in [0.15, 0.2) is 0 Å². The Morgan fingerprint density at radius 1 is 0.500 bits per heavy atom. The van der Waals surface area contributed by atoms with Gasteiger partial charge in [0.1, 0.15) is 13.2 Å². The molecule has 0 spiro atoms. The number of phosphoric ester groups is 1. The Hall–Kier alpha value is -0.500. The summed E-state index contributed by atoms with van der Waals surface area (Å²) < 4.78 is 23.4. The van der Waals surface area contributed by atoms with Crippen molar-refractivity contribution < 1.29 is 32.9 Å². The Kier molecular flexibility index (Phi) is 45.3. The maximum absolute atomic E-state index is 13.0. The Morgan fingerprint density at radius 2 is 0.790 bits per heavy atom. The molecule has 0 aromatic carbocycles. The van der Waals surface area contributed by atoms with Gasteiger partial charge in [0.2, 0.25) is 5.91 Å². The van der Waals surface area contributed by atoms with Gasteiger partial charge >= 0.3 is 0 Å².